The van der Waals surface area contributed by atoms with Crippen LogP contribution < -0.4 is 10.6 Å². The van der Waals surface area contributed by atoms with Crippen molar-refractivity contribution in [3.05, 3.63) is 52.3 Å². The number of anilines is 1. The van der Waals surface area contributed by atoms with Gasteiger partial charge >= 0.3 is 0 Å². The van der Waals surface area contributed by atoms with E-state index in [1.54, 1.807) is 6.07 Å². The molecule has 0 spiro atoms. The van der Waals surface area contributed by atoms with E-state index >= 15 is 0 Å². The zero-order valence-electron chi connectivity index (χ0n) is 12.2. The van der Waals surface area contributed by atoms with Crippen LogP contribution in [0, 0.1) is 6.92 Å². The Morgan fingerprint density at radius 3 is 2.62 bits per heavy atom. The number of thiocarbonyl (C=S) groups is 1. The third-order valence-electron chi connectivity index (χ3n) is 3.35. The number of nitrogens with two attached hydrogens (primary N) is 1. The number of rotatable bonds is 4. The van der Waals surface area contributed by atoms with Gasteiger partial charge in [0.25, 0.3) is 0 Å². The lowest BCUT2D eigenvalue weighted by Gasteiger charge is -2.26. The fourth-order valence-corrected chi connectivity index (χ4v) is 2.43. The van der Waals surface area contributed by atoms with Gasteiger partial charge in [-0.15, -0.1) is 0 Å². The van der Waals surface area contributed by atoms with E-state index in [1.807, 2.05) is 50.1 Å². The summed E-state index contributed by atoms with van der Waals surface area (Å²) < 4.78 is 0. The number of hydrogen-bond acceptors (Lipinski definition) is 4. The van der Waals surface area contributed by atoms with E-state index in [0.29, 0.717) is 11.6 Å². The number of aryl methyl sites for hydroxylation is 1. The molecular weight excluding hydrogens is 304 g/mol. The summed E-state index contributed by atoms with van der Waals surface area (Å²) in [6, 6.07) is 9.54. The molecule has 0 aliphatic rings. The van der Waals surface area contributed by atoms with Crippen LogP contribution in [0.5, 0.6) is 0 Å². The van der Waals surface area contributed by atoms with Crippen molar-refractivity contribution in [1.29, 1.82) is 0 Å². The van der Waals surface area contributed by atoms with Gasteiger partial charge in [0.05, 0.1) is 6.04 Å². The number of nitrogens with zero attached hydrogens (tertiary/aromatic N) is 3. The summed E-state index contributed by atoms with van der Waals surface area (Å²) in [5, 5.41) is 0.721. The second kappa shape index (κ2) is 6.37. The van der Waals surface area contributed by atoms with Gasteiger partial charge in [-0.1, -0.05) is 42.0 Å². The molecular formula is C15H17ClN4S. The first-order valence-electron chi connectivity index (χ1n) is 6.53. The lowest BCUT2D eigenvalue weighted by molar-refractivity contribution is 0.713. The zero-order valence-corrected chi connectivity index (χ0v) is 13.7. The van der Waals surface area contributed by atoms with Crippen LogP contribution >= 0.6 is 23.8 Å². The highest BCUT2D eigenvalue weighted by molar-refractivity contribution is 7.80. The molecule has 1 heterocycles. The van der Waals surface area contributed by atoms with E-state index in [9.17, 15) is 0 Å². The van der Waals surface area contributed by atoms with Crippen molar-refractivity contribution in [2.45, 2.75) is 19.9 Å². The summed E-state index contributed by atoms with van der Waals surface area (Å²) in [6.45, 7) is 3.94. The first-order valence-corrected chi connectivity index (χ1v) is 7.31. The van der Waals surface area contributed by atoms with Crippen LogP contribution in [0.25, 0.3) is 0 Å². The average molecular weight is 321 g/mol. The van der Waals surface area contributed by atoms with Gasteiger partial charge in [-0.25, -0.2) is 9.97 Å². The molecule has 1 atom stereocenters. The molecule has 2 rings (SSSR count). The quantitative estimate of drug-likeness (QED) is 0.876. The van der Waals surface area contributed by atoms with Crippen LogP contribution in [0.15, 0.2) is 30.3 Å². The van der Waals surface area contributed by atoms with Crippen LogP contribution in [0.4, 0.5) is 5.95 Å². The molecule has 0 saturated heterocycles. The van der Waals surface area contributed by atoms with Crippen LogP contribution in [0.3, 0.4) is 0 Å². The molecule has 0 saturated carbocycles. The van der Waals surface area contributed by atoms with Crippen LogP contribution in [0.2, 0.25) is 5.02 Å². The van der Waals surface area contributed by atoms with Crippen molar-refractivity contribution in [2.75, 3.05) is 11.9 Å². The molecule has 0 bridgehead atoms. The van der Waals surface area contributed by atoms with Gasteiger partial charge < -0.3 is 10.6 Å². The molecule has 0 aliphatic heterocycles. The molecule has 2 N–H and O–H groups in total. The van der Waals surface area contributed by atoms with E-state index in [-0.39, 0.29) is 11.0 Å². The highest BCUT2D eigenvalue weighted by atomic mass is 35.5. The monoisotopic (exact) mass is 320 g/mol. The standard InChI is InChI=1S/C15H17ClN4S/c1-9-8-13(14(17)21)19-15(18-9)20(3)10(2)11-6-4-5-7-12(11)16/h4-8,10H,1-3H3,(H2,17,21). The number of halogens is 1. The number of benzene rings is 1. The molecule has 2 aromatic rings. The summed E-state index contributed by atoms with van der Waals surface area (Å²) in [6.07, 6.45) is 0. The summed E-state index contributed by atoms with van der Waals surface area (Å²) in [5.41, 5.74) is 8.08. The second-order valence-corrected chi connectivity index (χ2v) is 5.71. The summed E-state index contributed by atoms with van der Waals surface area (Å²) in [4.78, 5) is 11.1. The minimum absolute atomic E-state index is 0.0275. The van der Waals surface area contributed by atoms with Crippen LogP contribution in [-0.2, 0) is 0 Å². The van der Waals surface area contributed by atoms with Gasteiger partial charge in [-0.3, -0.25) is 0 Å². The normalized spacial score (nSPS) is 12.0. The molecule has 1 aromatic heterocycles. The molecule has 0 aliphatic carbocycles. The predicted octanol–water partition coefficient (Wildman–Crippen LogP) is 3.27. The Morgan fingerprint density at radius 2 is 2.00 bits per heavy atom. The molecule has 6 heteroatoms. The highest BCUT2D eigenvalue weighted by Crippen LogP contribution is 2.28. The largest absolute Gasteiger partial charge is 0.388 e. The Hall–Kier alpha value is -1.72. The first kappa shape index (κ1) is 15.7. The Bertz CT molecular complexity index is 674. The fourth-order valence-electron chi connectivity index (χ4n) is 2.03. The van der Waals surface area contributed by atoms with E-state index < -0.39 is 0 Å². The maximum Gasteiger partial charge on any atom is 0.226 e. The smallest absolute Gasteiger partial charge is 0.226 e. The lowest BCUT2D eigenvalue weighted by Crippen LogP contribution is -2.25. The summed E-state index contributed by atoms with van der Waals surface area (Å²) in [5.74, 6) is 0.574. The van der Waals surface area contributed by atoms with Gasteiger partial charge in [-0.05, 0) is 31.5 Å². The second-order valence-electron chi connectivity index (χ2n) is 4.87. The number of aromatic nitrogens is 2. The minimum atomic E-state index is 0.0275. The minimum Gasteiger partial charge on any atom is -0.388 e. The van der Waals surface area contributed by atoms with Gasteiger partial charge in [0.15, 0.2) is 0 Å². The molecule has 0 fully saturated rings. The van der Waals surface area contributed by atoms with Crippen molar-refractivity contribution >= 4 is 34.8 Å². The SMILES string of the molecule is Cc1cc(C(N)=S)nc(N(C)C(C)c2ccccc2Cl)n1. The van der Waals surface area contributed by atoms with Crippen LogP contribution in [-0.4, -0.2) is 22.0 Å². The predicted molar refractivity (Wildman–Crippen MR) is 90.9 cm³/mol. The van der Waals surface area contributed by atoms with E-state index in [4.69, 9.17) is 29.6 Å². The van der Waals surface area contributed by atoms with Crippen LogP contribution in [0.1, 0.15) is 29.9 Å². The van der Waals surface area contributed by atoms with Crippen molar-refractivity contribution in [2.24, 2.45) is 5.73 Å². The third kappa shape index (κ3) is 3.49. The van der Waals surface area contributed by atoms with E-state index in [1.165, 1.54) is 0 Å². The van der Waals surface area contributed by atoms with Crippen molar-refractivity contribution < 1.29 is 0 Å². The average Bonchev–Trinajstić information content (AvgIpc) is 2.45. The fraction of sp³-hybridized carbons (Fsp3) is 0.267. The van der Waals surface area contributed by atoms with Crippen molar-refractivity contribution in [1.82, 2.24) is 9.97 Å². The van der Waals surface area contributed by atoms with E-state index in [0.717, 1.165) is 16.3 Å². The maximum atomic E-state index is 6.26. The summed E-state index contributed by atoms with van der Waals surface area (Å²) >= 11 is 11.3. The number of hydrogen-bond donors (Lipinski definition) is 1. The third-order valence-corrected chi connectivity index (χ3v) is 3.90. The van der Waals surface area contributed by atoms with Gasteiger partial charge in [0.2, 0.25) is 5.95 Å². The lowest BCUT2D eigenvalue weighted by atomic mass is 10.1. The molecule has 1 aromatic carbocycles. The maximum absolute atomic E-state index is 6.26. The highest BCUT2D eigenvalue weighted by Gasteiger charge is 2.18. The first-order chi connectivity index (χ1) is 9.90. The zero-order chi connectivity index (χ0) is 15.6. The van der Waals surface area contributed by atoms with Gasteiger partial charge in [0.1, 0.15) is 10.7 Å². The Morgan fingerprint density at radius 1 is 1.33 bits per heavy atom. The molecule has 0 radical (unpaired) electrons. The Kier molecular flexibility index (Phi) is 4.75. The van der Waals surface area contributed by atoms with Gasteiger partial charge in [0, 0.05) is 17.8 Å². The van der Waals surface area contributed by atoms with E-state index in [2.05, 4.69) is 9.97 Å². The molecule has 21 heavy (non-hydrogen) atoms. The topological polar surface area (TPSA) is 55.0 Å². The molecule has 110 valence electrons. The van der Waals surface area contributed by atoms with Gasteiger partial charge in [-0.2, -0.15) is 0 Å². The molecule has 4 nitrogen and oxygen atoms in total. The molecule has 1 unspecified atom stereocenters. The van der Waals surface area contributed by atoms with Crippen molar-refractivity contribution in [3.8, 4) is 0 Å². The molecule has 0 amide bonds. The van der Waals surface area contributed by atoms with Crippen molar-refractivity contribution in [3.63, 3.8) is 0 Å². The Labute approximate surface area is 135 Å². The Balaban J connectivity index is 2.38. The summed E-state index contributed by atoms with van der Waals surface area (Å²) in [7, 11) is 1.92.